The average molecular weight is 272 g/mol. The number of amides is 3. The standard InChI is InChI=1S/C9H12N4O2S2/c1-5(16-9-12-11-6(2)17-9)7(14)13-4-3-10-8(13)15/h5H,3-4H2,1-2H3,(H,10,15)/t5-/m0/s1. The summed E-state index contributed by atoms with van der Waals surface area (Å²) in [5.74, 6) is -0.183. The number of hydrogen-bond donors (Lipinski definition) is 1. The first-order valence-electron chi connectivity index (χ1n) is 5.14. The molecule has 0 aromatic carbocycles. The summed E-state index contributed by atoms with van der Waals surface area (Å²) in [4.78, 5) is 24.5. The van der Waals surface area contributed by atoms with Crippen LogP contribution < -0.4 is 5.32 Å². The molecule has 0 bridgehead atoms. The molecule has 1 N–H and O–H groups in total. The fraction of sp³-hybridized carbons (Fsp3) is 0.556. The second-order valence-electron chi connectivity index (χ2n) is 3.57. The highest BCUT2D eigenvalue weighted by atomic mass is 32.2. The van der Waals surface area contributed by atoms with Crippen LogP contribution in [0.25, 0.3) is 0 Å². The van der Waals surface area contributed by atoms with Crippen molar-refractivity contribution in [3.63, 3.8) is 0 Å². The molecule has 1 aromatic rings. The number of nitrogens with zero attached hydrogens (tertiary/aromatic N) is 3. The summed E-state index contributed by atoms with van der Waals surface area (Å²) in [6.45, 7) is 4.61. The molecular formula is C9H12N4O2S2. The summed E-state index contributed by atoms with van der Waals surface area (Å²) in [6, 6.07) is -0.309. The Morgan fingerprint density at radius 1 is 1.59 bits per heavy atom. The Kier molecular flexibility index (Phi) is 3.63. The van der Waals surface area contributed by atoms with Crippen molar-refractivity contribution in [2.75, 3.05) is 13.1 Å². The Morgan fingerprint density at radius 3 is 2.88 bits per heavy atom. The van der Waals surface area contributed by atoms with Gasteiger partial charge in [-0.05, 0) is 13.8 Å². The zero-order valence-corrected chi connectivity index (χ0v) is 11.1. The molecule has 0 spiro atoms. The van der Waals surface area contributed by atoms with E-state index < -0.39 is 0 Å². The van der Waals surface area contributed by atoms with Gasteiger partial charge in [0.25, 0.3) is 0 Å². The fourth-order valence-corrected chi connectivity index (χ4v) is 3.45. The Morgan fingerprint density at radius 2 is 2.35 bits per heavy atom. The van der Waals surface area contributed by atoms with Gasteiger partial charge in [-0.25, -0.2) is 4.79 Å². The van der Waals surface area contributed by atoms with Gasteiger partial charge in [0, 0.05) is 13.1 Å². The van der Waals surface area contributed by atoms with Gasteiger partial charge in [0.1, 0.15) is 5.01 Å². The Balaban J connectivity index is 1.97. The van der Waals surface area contributed by atoms with Crippen LogP contribution >= 0.6 is 23.1 Å². The first-order chi connectivity index (χ1) is 8.08. The van der Waals surface area contributed by atoms with Gasteiger partial charge in [-0.15, -0.1) is 10.2 Å². The van der Waals surface area contributed by atoms with E-state index in [0.717, 1.165) is 9.35 Å². The van der Waals surface area contributed by atoms with Crippen LogP contribution in [0.5, 0.6) is 0 Å². The third-order valence-electron chi connectivity index (χ3n) is 2.26. The summed E-state index contributed by atoms with van der Waals surface area (Å²) >= 11 is 2.78. The second kappa shape index (κ2) is 5.01. The predicted molar refractivity (Wildman–Crippen MR) is 65.1 cm³/mol. The van der Waals surface area contributed by atoms with Crippen molar-refractivity contribution < 1.29 is 9.59 Å². The molecule has 2 rings (SSSR count). The molecule has 3 amide bonds. The van der Waals surface area contributed by atoms with Crippen LogP contribution in [0.15, 0.2) is 4.34 Å². The van der Waals surface area contributed by atoms with Crippen LogP contribution in [0.3, 0.4) is 0 Å². The van der Waals surface area contributed by atoms with Crippen LogP contribution in [-0.4, -0.2) is 45.4 Å². The zero-order chi connectivity index (χ0) is 12.4. The SMILES string of the molecule is Cc1nnc(S[C@@H](C)C(=O)N2CCNC2=O)s1. The number of imide groups is 1. The number of urea groups is 1. The van der Waals surface area contributed by atoms with E-state index in [1.807, 2.05) is 6.92 Å². The normalized spacial score (nSPS) is 17.1. The first kappa shape index (κ1) is 12.3. The van der Waals surface area contributed by atoms with Crippen LogP contribution in [0.4, 0.5) is 4.79 Å². The van der Waals surface area contributed by atoms with E-state index in [2.05, 4.69) is 15.5 Å². The largest absolute Gasteiger partial charge is 0.336 e. The molecule has 1 saturated heterocycles. The number of carbonyl (C=O) groups is 2. The Labute approximate surface area is 107 Å². The minimum absolute atomic E-state index is 0.183. The van der Waals surface area contributed by atoms with Crippen molar-refractivity contribution in [2.45, 2.75) is 23.4 Å². The minimum Gasteiger partial charge on any atom is -0.336 e. The van der Waals surface area contributed by atoms with Gasteiger partial charge in [-0.2, -0.15) is 0 Å². The van der Waals surface area contributed by atoms with Crippen molar-refractivity contribution in [3.05, 3.63) is 5.01 Å². The van der Waals surface area contributed by atoms with Gasteiger partial charge in [0.05, 0.1) is 5.25 Å². The van der Waals surface area contributed by atoms with Crippen molar-refractivity contribution >= 4 is 35.0 Å². The Bertz CT molecular complexity index is 448. The molecule has 17 heavy (non-hydrogen) atoms. The third-order valence-corrected chi connectivity index (χ3v) is 4.27. The van der Waals surface area contributed by atoms with Gasteiger partial charge in [-0.1, -0.05) is 23.1 Å². The predicted octanol–water partition coefficient (Wildman–Crippen LogP) is 0.879. The molecule has 1 aliphatic rings. The highest BCUT2D eigenvalue weighted by molar-refractivity contribution is 8.02. The maximum absolute atomic E-state index is 12.0. The highest BCUT2D eigenvalue weighted by Gasteiger charge is 2.30. The van der Waals surface area contributed by atoms with E-state index in [4.69, 9.17) is 0 Å². The quantitative estimate of drug-likeness (QED) is 0.827. The second-order valence-corrected chi connectivity index (χ2v) is 6.34. The molecule has 0 radical (unpaired) electrons. The first-order valence-corrected chi connectivity index (χ1v) is 6.83. The maximum atomic E-state index is 12.0. The average Bonchev–Trinajstić information content (AvgIpc) is 2.86. The lowest BCUT2D eigenvalue weighted by Gasteiger charge is -2.16. The van der Waals surface area contributed by atoms with Crippen LogP contribution in [-0.2, 0) is 4.79 Å². The summed E-state index contributed by atoms with van der Waals surface area (Å²) in [6.07, 6.45) is 0. The number of hydrogen-bond acceptors (Lipinski definition) is 6. The van der Waals surface area contributed by atoms with Crippen molar-refractivity contribution in [3.8, 4) is 0 Å². The third kappa shape index (κ3) is 2.75. The monoisotopic (exact) mass is 272 g/mol. The number of aryl methyl sites for hydroxylation is 1. The van der Waals surface area contributed by atoms with E-state index in [0.29, 0.717) is 13.1 Å². The van der Waals surface area contributed by atoms with Gasteiger partial charge < -0.3 is 5.32 Å². The van der Waals surface area contributed by atoms with E-state index in [9.17, 15) is 9.59 Å². The summed E-state index contributed by atoms with van der Waals surface area (Å²) in [5.41, 5.74) is 0. The summed E-state index contributed by atoms with van der Waals surface area (Å²) < 4.78 is 0.753. The molecule has 6 nitrogen and oxygen atoms in total. The fourth-order valence-electron chi connectivity index (χ4n) is 1.43. The Hall–Kier alpha value is -1.15. The molecule has 1 fully saturated rings. The molecule has 92 valence electrons. The number of rotatable bonds is 3. The molecule has 1 aromatic heterocycles. The van der Waals surface area contributed by atoms with Crippen molar-refractivity contribution in [1.29, 1.82) is 0 Å². The topological polar surface area (TPSA) is 75.2 Å². The maximum Gasteiger partial charge on any atom is 0.324 e. The molecule has 0 saturated carbocycles. The summed E-state index contributed by atoms with van der Waals surface area (Å²) in [7, 11) is 0. The van der Waals surface area contributed by atoms with Crippen molar-refractivity contribution in [2.24, 2.45) is 0 Å². The lowest BCUT2D eigenvalue weighted by atomic mass is 10.4. The summed E-state index contributed by atoms with van der Waals surface area (Å²) in [5, 5.41) is 11.0. The number of carbonyl (C=O) groups excluding carboxylic acids is 2. The smallest absolute Gasteiger partial charge is 0.324 e. The van der Waals surface area contributed by atoms with Crippen LogP contribution in [0, 0.1) is 6.92 Å². The van der Waals surface area contributed by atoms with Gasteiger partial charge in [-0.3, -0.25) is 9.69 Å². The minimum atomic E-state index is -0.328. The van der Waals surface area contributed by atoms with E-state index in [-0.39, 0.29) is 17.2 Å². The van der Waals surface area contributed by atoms with Crippen LogP contribution in [0.1, 0.15) is 11.9 Å². The molecule has 0 aliphatic carbocycles. The number of nitrogens with one attached hydrogen (secondary N) is 1. The van der Waals surface area contributed by atoms with Crippen molar-refractivity contribution in [1.82, 2.24) is 20.4 Å². The van der Waals surface area contributed by atoms with E-state index >= 15 is 0 Å². The molecule has 1 aliphatic heterocycles. The van der Waals surface area contributed by atoms with Gasteiger partial charge in [0.15, 0.2) is 4.34 Å². The van der Waals surface area contributed by atoms with Crippen LogP contribution in [0.2, 0.25) is 0 Å². The van der Waals surface area contributed by atoms with E-state index in [1.165, 1.54) is 28.0 Å². The lowest BCUT2D eigenvalue weighted by Crippen LogP contribution is -2.38. The molecule has 8 heteroatoms. The highest BCUT2D eigenvalue weighted by Crippen LogP contribution is 2.27. The molecule has 0 unspecified atom stereocenters. The zero-order valence-electron chi connectivity index (χ0n) is 9.47. The van der Waals surface area contributed by atoms with Gasteiger partial charge in [0.2, 0.25) is 5.91 Å². The molecular weight excluding hydrogens is 260 g/mol. The van der Waals surface area contributed by atoms with E-state index in [1.54, 1.807) is 6.92 Å². The number of thioether (sulfide) groups is 1. The lowest BCUT2D eigenvalue weighted by molar-refractivity contribution is -0.126. The van der Waals surface area contributed by atoms with Gasteiger partial charge >= 0.3 is 6.03 Å². The number of aromatic nitrogens is 2. The molecule has 2 heterocycles. The molecule has 1 atom stereocenters.